The van der Waals surface area contributed by atoms with Crippen LogP contribution in [0.4, 0.5) is 0 Å². The minimum atomic E-state index is 0.573. The topological polar surface area (TPSA) is 43.8 Å². The summed E-state index contributed by atoms with van der Waals surface area (Å²) in [4.78, 5) is 4.51. The maximum atomic E-state index is 5.90. The predicted molar refractivity (Wildman–Crippen MR) is 66.1 cm³/mol. The fourth-order valence-electron chi connectivity index (χ4n) is 3.02. The minimum absolute atomic E-state index is 0.573. The maximum Gasteiger partial charge on any atom is 0.111 e. The molecular formula is C13H23N3. The van der Waals surface area contributed by atoms with E-state index in [-0.39, 0.29) is 0 Å². The van der Waals surface area contributed by atoms with Gasteiger partial charge in [-0.05, 0) is 31.2 Å². The molecule has 0 aliphatic heterocycles. The molecule has 3 heteroatoms. The highest BCUT2D eigenvalue weighted by molar-refractivity contribution is 5.04. The largest absolute Gasteiger partial charge is 0.338 e. The number of aromatic nitrogens is 2. The third kappa shape index (κ3) is 2.14. The van der Waals surface area contributed by atoms with Crippen LogP contribution in [0.25, 0.3) is 0 Å². The van der Waals surface area contributed by atoms with Crippen LogP contribution in [-0.2, 0) is 7.05 Å². The third-order valence-electron chi connectivity index (χ3n) is 4.17. The zero-order chi connectivity index (χ0) is 11.5. The summed E-state index contributed by atoms with van der Waals surface area (Å²) >= 11 is 0. The lowest BCUT2D eigenvalue weighted by Crippen LogP contribution is -2.30. The first kappa shape index (κ1) is 11.6. The highest BCUT2D eigenvalue weighted by Crippen LogP contribution is 2.40. The third-order valence-corrected chi connectivity index (χ3v) is 4.17. The van der Waals surface area contributed by atoms with E-state index in [1.807, 2.05) is 12.4 Å². The lowest BCUT2D eigenvalue weighted by Gasteiger charge is -2.34. The van der Waals surface area contributed by atoms with E-state index in [2.05, 4.69) is 23.5 Å². The van der Waals surface area contributed by atoms with Gasteiger partial charge in [0.2, 0.25) is 0 Å². The van der Waals surface area contributed by atoms with Crippen LogP contribution >= 0.6 is 0 Å². The van der Waals surface area contributed by atoms with Gasteiger partial charge in [-0.1, -0.05) is 19.8 Å². The number of imidazole rings is 1. The molecule has 0 amide bonds. The molecular weight excluding hydrogens is 198 g/mol. The van der Waals surface area contributed by atoms with Crippen LogP contribution in [0.2, 0.25) is 0 Å². The van der Waals surface area contributed by atoms with Crippen LogP contribution in [-0.4, -0.2) is 16.1 Å². The van der Waals surface area contributed by atoms with Crippen molar-refractivity contribution >= 4 is 0 Å². The van der Waals surface area contributed by atoms with Crippen LogP contribution in [0.3, 0.4) is 0 Å². The van der Waals surface area contributed by atoms with Gasteiger partial charge in [-0.3, -0.25) is 0 Å². The van der Waals surface area contributed by atoms with Crippen LogP contribution < -0.4 is 5.73 Å². The van der Waals surface area contributed by atoms with Gasteiger partial charge in [-0.25, -0.2) is 4.98 Å². The maximum absolute atomic E-state index is 5.90. The van der Waals surface area contributed by atoms with E-state index in [9.17, 15) is 0 Å². The summed E-state index contributed by atoms with van der Waals surface area (Å²) in [5, 5.41) is 0. The van der Waals surface area contributed by atoms with Gasteiger partial charge >= 0.3 is 0 Å². The van der Waals surface area contributed by atoms with Gasteiger partial charge < -0.3 is 10.3 Å². The number of rotatable bonds is 3. The second-order valence-electron chi connectivity index (χ2n) is 5.09. The first-order valence-corrected chi connectivity index (χ1v) is 6.43. The molecule has 2 rings (SSSR count). The van der Waals surface area contributed by atoms with Crippen LogP contribution in [0, 0.1) is 11.8 Å². The highest BCUT2D eigenvalue weighted by atomic mass is 15.0. The molecule has 0 bridgehead atoms. The van der Waals surface area contributed by atoms with E-state index >= 15 is 0 Å². The normalized spacial score (nSPS) is 30.6. The lowest BCUT2D eigenvalue weighted by molar-refractivity contribution is 0.226. The number of aryl methyl sites for hydroxylation is 1. The van der Waals surface area contributed by atoms with Crippen molar-refractivity contribution in [1.29, 1.82) is 0 Å². The van der Waals surface area contributed by atoms with Crippen LogP contribution in [0.15, 0.2) is 12.4 Å². The van der Waals surface area contributed by atoms with E-state index in [1.165, 1.54) is 31.5 Å². The van der Waals surface area contributed by atoms with Crippen molar-refractivity contribution in [1.82, 2.24) is 9.55 Å². The molecule has 3 nitrogen and oxygen atoms in total. The number of nitrogens with zero attached hydrogens (tertiary/aromatic N) is 2. The SMILES string of the molecule is CCC1CCC(CN)C(c2nccn2C)C1. The fourth-order valence-corrected chi connectivity index (χ4v) is 3.02. The van der Waals surface area contributed by atoms with E-state index in [1.54, 1.807) is 0 Å². The van der Waals surface area contributed by atoms with Crippen molar-refractivity contribution in [2.45, 2.75) is 38.5 Å². The van der Waals surface area contributed by atoms with E-state index in [0.29, 0.717) is 11.8 Å². The van der Waals surface area contributed by atoms with Gasteiger partial charge in [0, 0.05) is 25.4 Å². The molecule has 16 heavy (non-hydrogen) atoms. The van der Waals surface area contributed by atoms with Gasteiger partial charge in [0.15, 0.2) is 0 Å². The number of hydrogen-bond acceptors (Lipinski definition) is 2. The van der Waals surface area contributed by atoms with Crippen molar-refractivity contribution in [3.63, 3.8) is 0 Å². The molecule has 1 heterocycles. The second kappa shape index (κ2) is 5.00. The van der Waals surface area contributed by atoms with E-state index < -0.39 is 0 Å². The van der Waals surface area contributed by atoms with Gasteiger partial charge in [-0.2, -0.15) is 0 Å². The molecule has 1 aliphatic carbocycles. The molecule has 1 aromatic heterocycles. The summed E-state index contributed by atoms with van der Waals surface area (Å²) in [5.41, 5.74) is 5.90. The monoisotopic (exact) mass is 221 g/mol. The van der Waals surface area contributed by atoms with Gasteiger partial charge in [-0.15, -0.1) is 0 Å². The summed E-state index contributed by atoms with van der Waals surface area (Å²) in [7, 11) is 2.09. The van der Waals surface area contributed by atoms with E-state index in [4.69, 9.17) is 5.73 Å². The Morgan fingerprint density at radius 3 is 2.88 bits per heavy atom. The average Bonchev–Trinajstić information content (AvgIpc) is 2.74. The number of nitrogens with two attached hydrogens (primary N) is 1. The summed E-state index contributed by atoms with van der Waals surface area (Å²) in [6, 6.07) is 0. The fraction of sp³-hybridized carbons (Fsp3) is 0.769. The first-order chi connectivity index (χ1) is 7.76. The molecule has 2 N–H and O–H groups in total. The minimum Gasteiger partial charge on any atom is -0.338 e. The Labute approximate surface area is 98.1 Å². The van der Waals surface area contributed by atoms with E-state index in [0.717, 1.165) is 12.5 Å². The van der Waals surface area contributed by atoms with Crippen LogP contribution in [0.1, 0.15) is 44.3 Å². The lowest BCUT2D eigenvalue weighted by atomic mass is 9.73. The summed E-state index contributed by atoms with van der Waals surface area (Å²) in [5.74, 6) is 3.30. The Morgan fingerprint density at radius 1 is 1.50 bits per heavy atom. The standard InChI is InChI=1S/C13H23N3/c1-3-10-4-5-11(9-14)12(8-10)13-15-6-7-16(13)2/h6-7,10-12H,3-5,8-9,14H2,1-2H3. The molecule has 1 saturated carbocycles. The highest BCUT2D eigenvalue weighted by Gasteiger charge is 2.32. The second-order valence-corrected chi connectivity index (χ2v) is 5.09. The predicted octanol–water partition coefficient (Wildman–Crippen LogP) is 2.29. The van der Waals surface area contributed by atoms with Crippen molar-refractivity contribution in [3.8, 4) is 0 Å². The van der Waals surface area contributed by atoms with Gasteiger partial charge in [0.05, 0.1) is 0 Å². The Bertz CT molecular complexity index is 332. The zero-order valence-corrected chi connectivity index (χ0v) is 10.4. The Kier molecular flexibility index (Phi) is 3.64. The van der Waals surface area contributed by atoms with Crippen molar-refractivity contribution < 1.29 is 0 Å². The average molecular weight is 221 g/mol. The summed E-state index contributed by atoms with van der Waals surface area (Å²) in [6.07, 6.45) is 9.12. The quantitative estimate of drug-likeness (QED) is 0.851. The molecule has 0 aromatic carbocycles. The smallest absolute Gasteiger partial charge is 0.111 e. The molecule has 0 saturated heterocycles. The molecule has 1 aliphatic rings. The van der Waals surface area contributed by atoms with Crippen molar-refractivity contribution in [3.05, 3.63) is 18.2 Å². The summed E-state index contributed by atoms with van der Waals surface area (Å²) in [6.45, 7) is 3.09. The molecule has 3 unspecified atom stereocenters. The molecule has 90 valence electrons. The van der Waals surface area contributed by atoms with Gasteiger partial charge in [0.25, 0.3) is 0 Å². The Hall–Kier alpha value is -0.830. The molecule has 0 radical (unpaired) electrons. The summed E-state index contributed by atoms with van der Waals surface area (Å²) < 4.78 is 2.16. The Balaban J connectivity index is 2.18. The molecule has 0 spiro atoms. The molecule has 1 fully saturated rings. The van der Waals surface area contributed by atoms with Crippen molar-refractivity contribution in [2.75, 3.05) is 6.54 Å². The van der Waals surface area contributed by atoms with Crippen molar-refractivity contribution in [2.24, 2.45) is 24.6 Å². The molecule has 1 aromatic rings. The van der Waals surface area contributed by atoms with Gasteiger partial charge in [0.1, 0.15) is 5.82 Å². The molecule has 3 atom stereocenters. The zero-order valence-electron chi connectivity index (χ0n) is 10.4. The Morgan fingerprint density at radius 2 is 2.31 bits per heavy atom. The number of hydrogen-bond donors (Lipinski definition) is 1. The first-order valence-electron chi connectivity index (χ1n) is 6.43. The van der Waals surface area contributed by atoms with Crippen LogP contribution in [0.5, 0.6) is 0 Å².